The van der Waals surface area contributed by atoms with E-state index in [2.05, 4.69) is 9.55 Å². The van der Waals surface area contributed by atoms with Gasteiger partial charge in [0.1, 0.15) is 5.82 Å². The highest BCUT2D eigenvalue weighted by molar-refractivity contribution is 5.61. The van der Waals surface area contributed by atoms with Crippen LogP contribution in [0.5, 0.6) is 0 Å². The second kappa shape index (κ2) is 6.21. The molecule has 0 bridgehead atoms. The number of rotatable bonds is 6. The van der Waals surface area contributed by atoms with E-state index in [1.54, 1.807) is 0 Å². The molecule has 0 saturated heterocycles. The summed E-state index contributed by atoms with van der Waals surface area (Å²) in [5.41, 5.74) is 7.61. The Kier molecular flexibility index (Phi) is 4.36. The molecule has 0 amide bonds. The van der Waals surface area contributed by atoms with Gasteiger partial charge in [0.25, 0.3) is 0 Å². The molecule has 2 aromatic rings. The van der Waals surface area contributed by atoms with Gasteiger partial charge in [0.05, 0.1) is 0 Å². The van der Waals surface area contributed by atoms with Gasteiger partial charge in [-0.3, -0.25) is 0 Å². The smallest absolute Gasteiger partial charge is 0.139 e. The lowest BCUT2D eigenvalue weighted by Crippen LogP contribution is -2.03. The Bertz CT molecular complexity index is 493. The van der Waals surface area contributed by atoms with E-state index < -0.39 is 0 Å². The molecule has 4 heteroatoms. The van der Waals surface area contributed by atoms with Gasteiger partial charge >= 0.3 is 0 Å². The van der Waals surface area contributed by atoms with E-state index in [0.29, 0.717) is 0 Å². The van der Waals surface area contributed by atoms with E-state index >= 15 is 0 Å². The van der Waals surface area contributed by atoms with Gasteiger partial charge in [-0.25, -0.2) is 4.98 Å². The Morgan fingerprint density at radius 1 is 1.39 bits per heavy atom. The summed E-state index contributed by atoms with van der Waals surface area (Å²) in [5, 5.41) is 0. The van der Waals surface area contributed by atoms with Gasteiger partial charge in [-0.1, -0.05) is 12.1 Å². The van der Waals surface area contributed by atoms with E-state index in [4.69, 9.17) is 10.5 Å². The number of benzene rings is 1. The van der Waals surface area contributed by atoms with Crippen molar-refractivity contribution in [2.75, 3.05) is 18.9 Å². The molecule has 0 fully saturated rings. The Morgan fingerprint density at radius 3 is 3.06 bits per heavy atom. The molecule has 0 spiro atoms. The van der Waals surface area contributed by atoms with Gasteiger partial charge in [0.2, 0.25) is 0 Å². The van der Waals surface area contributed by atoms with E-state index in [-0.39, 0.29) is 0 Å². The number of hydrogen-bond acceptors (Lipinski definition) is 3. The van der Waals surface area contributed by atoms with Crippen LogP contribution in [0.2, 0.25) is 0 Å². The molecule has 0 unspecified atom stereocenters. The minimum atomic E-state index is 0.761. The fourth-order valence-electron chi connectivity index (χ4n) is 1.91. The molecule has 1 aromatic carbocycles. The summed E-state index contributed by atoms with van der Waals surface area (Å²) < 4.78 is 7.48. The summed E-state index contributed by atoms with van der Waals surface area (Å²) in [4.78, 5) is 4.39. The molecule has 0 atom stereocenters. The monoisotopic (exact) mass is 245 g/mol. The molecular weight excluding hydrogens is 226 g/mol. The van der Waals surface area contributed by atoms with Gasteiger partial charge < -0.3 is 15.0 Å². The lowest BCUT2D eigenvalue weighted by atomic mass is 10.2. The van der Waals surface area contributed by atoms with Crippen molar-refractivity contribution >= 4 is 5.69 Å². The van der Waals surface area contributed by atoms with Gasteiger partial charge in [-0.05, 0) is 25.5 Å². The number of aromatic nitrogens is 2. The van der Waals surface area contributed by atoms with Crippen LogP contribution in [0.25, 0.3) is 11.4 Å². The highest BCUT2D eigenvalue weighted by Crippen LogP contribution is 2.19. The third-order valence-corrected chi connectivity index (χ3v) is 2.75. The number of anilines is 1. The van der Waals surface area contributed by atoms with Gasteiger partial charge in [0, 0.05) is 43.4 Å². The predicted molar refractivity (Wildman–Crippen MR) is 73.2 cm³/mol. The fourth-order valence-corrected chi connectivity index (χ4v) is 1.91. The predicted octanol–water partition coefficient (Wildman–Crippen LogP) is 2.56. The number of nitrogens with zero attached hydrogens (tertiary/aromatic N) is 2. The second-order valence-corrected chi connectivity index (χ2v) is 4.12. The third-order valence-electron chi connectivity index (χ3n) is 2.75. The van der Waals surface area contributed by atoms with Crippen LogP contribution in [-0.2, 0) is 11.3 Å². The summed E-state index contributed by atoms with van der Waals surface area (Å²) in [6.07, 6.45) is 4.79. The second-order valence-electron chi connectivity index (χ2n) is 4.12. The van der Waals surface area contributed by atoms with Gasteiger partial charge in [-0.2, -0.15) is 0 Å². The van der Waals surface area contributed by atoms with Crippen LogP contribution >= 0.6 is 0 Å². The zero-order valence-electron chi connectivity index (χ0n) is 10.7. The highest BCUT2D eigenvalue weighted by atomic mass is 16.5. The molecule has 4 nitrogen and oxygen atoms in total. The quantitative estimate of drug-likeness (QED) is 0.628. The number of hydrogen-bond donors (Lipinski definition) is 1. The summed E-state index contributed by atoms with van der Waals surface area (Å²) in [7, 11) is 0. The first-order valence-electron chi connectivity index (χ1n) is 6.26. The molecule has 0 aliphatic carbocycles. The maximum atomic E-state index is 5.80. The largest absolute Gasteiger partial charge is 0.399 e. The van der Waals surface area contributed by atoms with Gasteiger partial charge in [-0.15, -0.1) is 0 Å². The number of imidazole rings is 1. The Labute approximate surface area is 107 Å². The van der Waals surface area contributed by atoms with Crippen LogP contribution in [0.1, 0.15) is 13.3 Å². The molecule has 0 aliphatic heterocycles. The molecule has 2 rings (SSSR count). The van der Waals surface area contributed by atoms with E-state index in [0.717, 1.165) is 43.3 Å². The van der Waals surface area contributed by atoms with Crippen LogP contribution in [0.4, 0.5) is 5.69 Å². The number of nitrogens with two attached hydrogens (primary N) is 1. The summed E-state index contributed by atoms with van der Waals surface area (Å²) in [5.74, 6) is 0.957. The Balaban J connectivity index is 2.08. The zero-order valence-corrected chi connectivity index (χ0v) is 10.7. The first-order valence-corrected chi connectivity index (χ1v) is 6.26. The first kappa shape index (κ1) is 12.6. The third kappa shape index (κ3) is 3.11. The van der Waals surface area contributed by atoms with Gasteiger partial charge in [0.15, 0.2) is 0 Å². The van der Waals surface area contributed by atoms with E-state index in [9.17, 15) is 0 Å². The molecular formula is C14H19N3O. The maximum absolute atomic E-state index is 5.80. The summed E-state index contributed by atoms with van der Waals surface area (Å²) in [6.45, 7) is 4.47. The van der Waals surface area contributed by atoms with Crippen molar-refractivity contribution in [3.8, 4) is 11.4 Å². The SMILES string of the molecule is CCOCCCn1ccnc1-c1cccc(N)c1. The van der Waals surface area contributed by atoms with Crippen molar-refractivity contribution < 1.29 is 4.74 Å². The summed E-state index contributed by atoms with van der Waals surface area (Å²) in [6, 6.07) is 7.80. The zero-order chi connectivity index (χ0) is 12.8. The maximum Gasteiger partial charge on any atom is 0.139 e. The van der Waals surface area contributed by atoms with Crippen molar-refractivity contribution in [3.63, 3.8) is 0 Å². The van der Waals surface area contributed by atoms with Crippen molar-refractivity contribution in [2.24, 2.45) is 0 Å². The fraction of sp³-hybridized carbons (Fsp3) is 0.357. The Morgan fingerprint density at radius 2 is 2.28 bits per heavy atom. The lowest BCUT2D eigenvalue weighted by Gasteiger charge is -2.08. The molecule has 18 heavy (non-hydrogen) atoms. The number of ether oxygens (including phenoxy) is 1. The van der Waals surface area contributed by atoms with Crippen LogP contribution in [0.3, 0.4) is 0 Å². The molecule has 1 aromatic heterocycles. The molecule has 0 saturated carbocycles. The number of aryl methyl sites for hydroxylation is 1. The van der Waals surface area contributed by atoms with Crippen molar-refractivity contribution in [1.29, 1.82) is 0 Å². The standard InChI is InChI=1S/C14H19N3O/c1-2-18-10-4-8-17-9-7-16-14(17)12-5-3-6-13(15)11-12/h3,5-7,9,11H,2,4,8,10,15H2,1H3. The highest BCUT2D eigenvalue weighted by Gasteiger charge is 2.05. The molecule has 0 aliphatic rings. The van der Waals surface area contributed by atoms with Crippen LogP contribution in [-0.4, -0.2) is 22.8 Å². The van der Waals surface area contributed by atoms with Crippen molar-refractivity contribution in [3.05, 3.63) is 36.7 Å². The van der Waals surface area contributed by atoms with E-state index in [1.807, 2.05) is 43.6 Å². The molecule has 2 N–H and O–H groups in total. The number of nitrogen functional groups attached to an aromatic ring is 1. The summed E-state index contributed by atoms with van der Waals surface area (Å²) >= 11 is 0. The normalized spacial score (nSPS) is 10.7. The van der Waals surface area contributed by atoms with Crippen molar-refractivity contribution in [2.45, 2.75) is 19.9 Å². The van der Waals surface area contributed by atoms with Crippen LogP contribution in [0.15, 0.2) is 36.7 Å². The Hall–Kier alpha value is -1.81. The molecule has 96 valence electrons. The average Bonchev–Trinajstić information content (AvgIpc) is 2.83. The minimum Gasteiger partial charge on any atom is -0.399 e. The molecule has 0 radical (unpaired) electrons. The lowest BCUT2D eigenvalue weighted by molar-refractivity contribution is 0.142. The van der Waals surface area contributed by atoms with Crippen molar-refractivity contribution in [1.82, 2.24) is 9.55 Å². The average molecular weight is 245 g/mol. The van der Waals surface area contributed by atoms with Crippen LogP contribution < -0.4 is 5.73 Å². The van der Waals surface area contributed by atoms with Crippen LogP contribution in [0, 0.1) is 0 Å². The molecule has 1 heterocycles. The minimum absolute atomic E-state index is 0.761. The first-order chi connectivity index (χ1) is 8.81. The topological polar surface area (TPSA) is 53.1 Å². The van der Waals surface area contributed by atoms with E-state index in [1.165, 1.54) is 0 Å².